The normalized spacial score (nSPS) is 11.6. The molecule has 0 radical (unpaired) electrons. The zero-order valence-corrected chi connectivity index (χ0v) is 13.0. The van der Waals surface area contributed by atoms with Crippen molar-refractivity contribution in [2.75, 3.05) is 13.1 Å². The van der Waals surface area contributed by atoms with Gasteiger partial charge >= 0.3 is 0 Å². The van der Waals surface area contributed by atoms with Crippen molar-refractivity contribution >= 4 is 15.9 Å². The number of hydrogen-bond acceptors (Lipinski definition) is 3. The number of carbonyl (C=O) groups excluding carboxylic acids is 1. The summed E-state index contributed by atoms with van der Waals surface area (Å²) in [6, 6.07) is 6.06. The summed E-state index contributed by atoms with van der Waals surface area (Å²) < 4.78 is 26.5. The van der Waals surface area contributed by atoms with Gasteiger partial charge in [0.1, 0.15) is 0 Å². The molecule has 6 heteroatoms. The first-order valence-corrected chi connectivity index (χ1v) is 8.23. The van der Waals surface area contributed by atoms with E-state index in [9.17, 15) is 13.2 Å². The van der Waals surface area contributed by atoms with Gasteiger partial charge in [0.25, 0.3) is 5.91 Å². The molecule has 0 saturated carbocycles. The molecule has 1 aromatic rings. The first kappa shape index (κ1) is 16.7. The molecule has 0 bridgehead atoms. The highest BCUT2D eigenvalue weighted by molar-refractivity contribution is 7.89. The van der Waals surface area contributed by atoms with Gasteiger partial charge in [-0.1, -0.05) is 26.8 Å². The van der Waals surface area contributed by atoms with Crippen molar-refractivity contribution in [3.8, 4) is 0 Å². The third kappa shape index (κ3) is 4.94. The van der Waals surface area contributed by atoms with Crippen LogP contribution in [0.5, 0.6) is 0 Å². The van der Waals surface area contributed by atoms with Crippen LogP contribution in [-0.4, -0.2) is 27.4 Å². The van der Waals surface area contributed by atoms with E-state index in [0.29, 0.717) is 31.0 Å². The van der Waals surface area contributed by atoms with Gasteiger partial charge in [0, 0.05) is 18.7 Å². The van der Waals surface area contributed by atoms with Gasteiger partial charge in [-0.3, -0.25) is 4.79 Å². The van der Waals surface area contributed by atoms with E-state index in [1.54, 1.807) is 12.1 Å². The van der Waals surface area contributed by atoms with Crippen molar-refractivity contribution in [2.45, 2.75) is 32.1 Å². The van der Waals surface area contributed by atoms with Gasteiger partial charge in [-0.25, -0.2) is 13.1 Å². The molecule has 1 rings (SSSR count). The van der Waals surface area contributed by atoms with E-state index >= 15 is 0 Å². The molecule has 5 nitrogen and oxygen atoms in total. The van der Waals surface area contributed by atoms with Crippen LogP contribution in [0.15, 0.2) is 29.2 Å². The van der Waals surface area contributed by atoms with E-state index in [-0.39, 0.29) is 10.8 Å². The lowest BCUT2D eigenvalue weighted by molar-refractivity contribution is 0.0949. The summed E-state index contributed by atoms with van der Waals surface area (Å²) in [6.45, 7) is 6.82. The van der Waals surface area contributed by atoms with Crippen molar-refractivity contribution in [2.24, 2.45) is 5.92 Å². The third-order valence-corrected chi connectivity index (χ3v) is 4.08. The first-order chi connectivity index (χ1) is 9.36. The van der Waals surface area contributed by atoms with Crippen molar-refractivity contribution in [3.05, 3.63) is 29.8 Å². The SMILES string of the molecule is CCCNS(=O)(=O)c1cccc(C(=O)NCC(C)C)c1. The maximum Gasteiger partial charge on any atom is 0.251 e. The second kappa shape index (κ2) is 7.40. The smallest absolute Gasteiger partial charge is 0.251 e. The Balaban J connectivity index is 2.88. The maximum atomic E-state index is 12.0. The summed E-state index contributed by atoms with van der Waals surface area (Å²) in [5.74, 6) is 0.0864. The highest BCUT2D eigenvalue weighted by Crippen LogP contribution is 2.11. The van der Waals surface area contributed by atoms with Gasteiger partial charge in [-0.15, -0.1) is 0 Å². The number of rotatable bonds is 7. The molecule has 112 valence electrons. The fraction of sp³-hybridized carbons (Fsp3) is 0.500. The molecule has 0 aliphatic heterocycles. The molecule has 0 fully saturated rings. The fourth-order valence-electron chi connectivity index (χ4n) is 1.52. The van der Waals surface area contributed by atoms with E-state index in [1.165, 1.54) is 12.1 Å². The minimum Gasteiger partial charge on any atom is -0.352 e. The maximum absolute atomic E-state index is 12.0. The standard InChI is InChI=1S/C14H22N2O3S/c1-4-8-16-20(18,19)13-7-5-6-12(9-13)14(17)15-10-11(2)3/h5-7,9,11,16H,4,8,10H2,1-3H3,(H,15,17). The van der Waals surface area contributed by atoms with Crippen molar-refractivity contribution in [1.29, 1.82) is 0 Å². The Bertz CT molecular complexity index is 553. The van der Waals surface area contributed by atoms with E-state index in [0.717, 1.165) is 0 Å². The molecule has 2 N–H and O–H groups in total. The first-order valence-electron chi connectivity index (χ1n) is 6.74. The van der Waals surface area contributed by atoms with Gasteiger partial charge < -0.3 is 5.32 Å². The molecule has 0 saturated heterocycles. The molecule has 1 aromatic carbocycles. The molecular weight excluding hydrogens is 276 g/mol. The summed E-state index contributed by atoms with van der Waals surface area (Å²) in [5, 5.41) is 2.77. The fourth-order valence-corrected chi connectivity index (χ4v) is 2.70. The minimum atomic E-state index is -3.54. The van der Waals surface area contributed by atoms with Crippen LogP contribution >= 0.6 is 0 Å². The average Bonchev–Trinajstić information content (AvgIpc) is 2.42. The predicted octanol–water partition coefficient (Wildman–Crippen LogP) is 1.76. The van der Waals surface area contributed by atoms with E-state index < -0.39 is 10.0 Å². The number of hydrogen-bond donors (Lipinski definition) is 2. The molecule has 0 aromatic heterocycles. The van der Waals surface area contributed by atoms with Crippen LogP contribution in [0.1, 0.15) is 37.6 Å². The van der Waals surface area contributed by atoms with E-state index in [1.807, 2.05) is 20.8 Å². The Morgan fingerprint density at radius 3 is 2.60 bits per heavy atom. The zero-order valence-electron chi connectivity index (χ0n) is 12.1. The number of amides is 1. The Hall–Kier alpha value is -1.40. The monoisotopic (exact) mass is 298 g/mol. The number of carbonyl (C=O) groups is 1. The molecule has 0 aliphatic carbocycles. The van der Waals surface area contributed by atoms with Gasteiger partial charge in [0.05, 0.1) is 4.90 Å². The highest BCUT2D eigenvalue weighted by atomic mass is 32.2. The van der Waals surface area contributed by atoms with Gasteiger partial charge in [-0.2, -0.15) is 0 Å². The number of nitrogens with one attached hydrogen (secondary N) is 2. The van der Waals surface area contributed by atoms with Crippen molar-refractivity contribution in [3.63, 3.8) is 0 Å². The van der Waals surface area contributed by atoms with Crippen LogP contribution in [0.2, 0.25) is 0 Å². The lowest BCUT2D eigenvalue weighted by Crippen LogP contribution is -2.28. The Kier molecular flexibility index (Phi) is 6.16. The summed E-state index contributed by atoms with van der Waals surface area (Å²) in [7, 11) is -3.54. The Labute approximate surface area is 120 Å². The van der Waals surface area contributed by atoms with Crippen molar-refractivity contribution in [1.82, 2.24) is 10.0 Å². The molecule has 0 aliphatic rings. The van der Waals surface area contributed by atoms with Crippen LogP contribution in [0.4, 0.5) is 0 Å². The van der Waals surface area contributed by atoms with Crippen molar-refractivity contribution < 1.29 is 13.2 Å². The lowest BCUT2D eigenvalue weighted by Gasteiger charge is -2.09. The third-order valence-electron chi connectivity index (χ3n) is 2.62. The Morgan fingerprint density at radius 1 is 1.30 bits per heavy atom. The largest absolute Gasteiger partial charge is 0.352 e. The minimum absolute atomic E-state index is 0.114. The molecule has 0 unspecified atom stereocenters. The molecule has 20 heavy (non-hydrogen) atoms. The molecule has 0 heterocycles. The van der Waals surface area contributed by atoms with Crippen LogP contribution in [0.3, 0.4) is 0 Å². The average molecular weight is 298 g/mol. The van der Waals surface area contributed by atoms with Gasteiger partial charge in [0.15, 0.2) is 0 Å². The van der Waals surface area contributed by atoms with Gasteiger partial charge in [0.2, 0.25) is 10.0 Å². The van der Waals surface area contributed by atoms with Gasteiger partial charge in [-0.05, 0) is 30.5 Å². The van der Waals surface area contributed by atoms with Crippen LogP contribution in [0, 0.1) is 5.92 Å². The quantitative estimate of drug-likeness (QED) is 0.805. The predicted molar refractivity (Wildman–Crippen MR) is 79.1 cm³/mol. The van der Waals surface area contributed by atoms with E-state index in [2.05, 4.69) is 10.0 Å². The van der Waals surface area contributed by atoms with Crippen LogP contribution in [-0.2, 0) is 10.0 Å². The molecule has 0 atom stereocenters. The summed E-state index contributed by atoms with van der Waals surface area (Å²) in [4.78, 5) is 12.0. The number of sulfonamides is 1. The second-order valence-electron chi connectivity index (χ2n) is 5.03. The lowest BCUT2D eigenvalue weighted by atomic mass is 10.2. The Morgan fingerprint density at radius 2 is 2.00 bits per heavy atom. The van der Waals surface area contributed by atoms with Crippen LogP contribution < -0.4 is 10.0 Å². The second-order valence-corrected chi connectivity index (χ2v) is 6.80. The number of benzene rings is 1. The van der Waals surface area contributed by atoms with E-state index in [4.69, 9.17) is 0 Å². The summed E-state index contributed by atoms with van der Waals surface area (Å²) >= 11 is 0. The topological polar surface area (TPSA) is 75.3 Å². The molecular formula is C14H22N2O3S. The summed E-state index contributed by atoms with van der Waals surface area (Å²) in [6.07, 6.45) is 0.716. The molecule has 0 spiro atoms. The zero-order chi connectivity index (χ0) is 15.2. The highest BCUT2D eigenvalue weighted by Gasteiger charge is 2.15. The summed E-state index contributed by atoms with van der Waals surface area (Å²) in [5.41, 5.74) is 0.352. The van der Waals surface area contributed by atoms with Crippen LogP contribution in [0.25, 0.3) is 0 Å². The molecule has 1 amide bonds.